The van der Waals surface area contributed by atoms with Gasteiger partial charge in [0.1, 0.15) is 6.10 Å². The number of allylic oxidation sites excluding steroid dienone is 3. The van der Waals surface area contributed by atoms with Crippen LogP contribution in [0.5, 0.6) is 0 Å². The third-order valence-electron chi connectivity index (χ3n) is 2.60. The normalized spacial score (nSPS) is 14.1. The summed E-state index contributed by atoms with van der Waals surface area (Å²) in [5.41, 5.74) is 0. The zero-order valence-electron chi connectivity index (χ0n) is 13.0. The molecule has 0 heterocycles. The Morgan fingerprint density at radius 1 is 1.36 bits per heavy atom. The van der Waals surface area contributed by atoms with Gasteiger partial charge in [0.25, 0.3) is 0 Å². The molecule has 0 aromatic heterocycles. The molecule has 6 heteroatoms. The van der Waals surface area contributed by atoms with Gasteiger partial charge in [0.15, 0.2) is 0 Å². The minimum atomic E-state index is -0.763. The molecule has 0 radical (unpaired) electrons. The molecule has 2 atom stereocenters. The summed E-state index contributed by atoms with van der Waals surface area (Å²) >= 11 is 1.71. The van der Waals surface area contributed by atoms with Gasteiger partial charge in [-0.2, -0.15) is 0 Å². The van der Waals surface area contributed by atoms with E-state index in [1.165, 1.54) is 0 Å². The molecular formula is C16H24INO4. The van der Waals surface area contributed by atoms with Crippen LogP contribution in [0.4, 0.5) is 0 Å². The number of carbonyl (C=O) groups excluding carboxylic acids is 1. The monoisotopic (exact) mass is 421 g/mol. The molecule has 0 bridgehead atoms. The summed E-state index contributed by atoms with van der Waals surface area (Å²) in [7, 11) is 0. The average Bonchev–Trinajstić information content (AvgIpc) is 2.42. The van der Waals surface area contributed by atoms with Gasteiger partial charge in [0, 0.05) is 6.42 Å². The summed E-state index contributed by atoms with van der Waals surface area (Å²) in [4.78, 5) is 15.6. The molecule has 0 saturated heterocycles. The third kappa shape index (κ3) is 14.1. The minimum Gasteiger partial charge on any atom is -0.389 e. The Hall–Kier alpha value is -0.880. The largest absolute Gasteiger partial charge is 0.389 e. The number of aliphatic hydroxyl groups is 2. The lowest BCUT2D eigenvalue weighted by molar-refractivity contribution is -0.146. The number of hydrogen-bond donors (Lipinski definition) is 3. The first-order valence-electron chi connectivity index (χ1n) is 7.21. The second kappa shape index (κ2) is 13.8. The van der Waals surface area contributed by atoms with Crippen molar-refractivity contribution in [3.05, 3.63) is 24.3 Å². The highest BCUT2D eigenvalue weighted by atomic mass is 127. The lowest BCUT2D eigenvalue weighted by Gasteiger charge is -2.06. The van der Waals surface area contributed by atoms with Gasteiger partial charge in [-0.05, 0) is 31.3 Å². The van der Waals surface area contributed by atoms with Crippen molar-refractivity contribution in [2.75, 3.05) is 0 Å². The molecule has 0 spiro atoms. The van der Waals surface area contributed by atoms with Gasteiger partial charge in [0.05, 0.1) is 29.0 Å². The van der Waals surface area contributed by atoms with Gasteiger partial charge >= 0.3 is 5.97 Å². The predicted molar refractivity (Wildman–Crippen MR) is 94.6 cm³/mol. The Labute approximate surface area is 146 Å². The molecule has 0 aliphatic rings. The summed E-state index contributed by atoms with van der Waals surface area (Å²) < 4.78 is 2.27. The average molecular weight is 421 g/mol. The number of rotatable bonds is 9. The van der Waals surface area contributed by atoms with E-state index in [0.29, 0.717) is 18.8 Å². The molecule has 0 rings (SSSR count). The number of halogens is 1. The predicted octanol–water partition coefficient (Wildman–Crippen LogP) is 2.44. The van der Waals surface area contributed by atoms with Crippen LogP contribution in [0, 0.1) is 17.8 Å². The Balaban J connectivity index is 3.91. The van der Waals surface area contributed by atoms with Crippen LogP contribution >= 0.6 is 22.9 Å². The fourth-order valence-corrected chi connectivity index (χ4v) is 1.85. The Morgan fingerprint density at radius 2 is 2.09 bits per heavy atom. The van der Waals surface area contributed by atoms with Crippen molar-refractivity contribution in [1.82, 2.24) is 3.69 Å². The van der Waals surface area contributed by atoms with Gasteiger partial charge in [-0.15, -0.1) is 0 Å². The topological polar surface area (TPSA) is 78.8 Å². The lowest BCUT2D eigenvalue weighted by Crippen LogP contribution is -2.11. The van der Waals surface area contributed by atoms with Crippen LogP contribution in [0.25, 0.3) is 0 Å². The summed E-state index contributed by atoms with van der Waals surface area (Å²) in [6.07, 6.45) is 7.45. The van der Waals surface area contributed by atoms with Crippen molar-refractivity contribution in [2.45, 2.75) is 51.7 Å². The van der Waals surface area contributed by atoms with E-state index < -0.39 is 12.2 Å². The fraction of sp³-hybridized carbons (Fsp3) is 0.562. The fourth-order valence-electron chi connectivity index (χ4n) is 1.61. The molecule has 5 nitrogen and oxygen atoms in total. The highest BCUT2D eigenvalue weighted by Crippen LogP contribution is 2.05. The second-order valence-electron chi connectivity index (χ2n) is 5.19. The molecule has 0 amide bonds. The molecule has 0 aliphatic carbocycles. The van der Waals surface area contributed by atoms with Gasteiger partial charge < -0.3 is 15.1 Å². The number of hydrogen-bond acceptors (Lipinski definition) is 5. The molecule has 3 N–H and O–H groups in total. The molecule has 0 aliphatic heterocycles. The Kier molecular flexibility index (Phi) is 13.2. The van der Waals surface area contributed by atoms with Crippen LogP contribution in [-0.4, -0.2) is 28.4 Å². The molecule has 0 saturated carbocycles. The second-order valence-corrected chi connectivity index (χ2v) is 5.63. The SMILES string of the molecule is CC(C)C[C@@H](O)/C=C/C=C/C#C[C@@H](O)CCCC(=O)ONI. The van der Waals surface area contributed by atoms with Crippen LogP contribution in [0.2, 0.25) is 0 Å². The van der Waals surface area contributed by atoms with Gasteiger partial charge in [-0.3, -0.25) is 4.79 Å². The van der Waals surface area contributed by atoms with Gasteiger partial charge in [0.2, 0.25) is 0 Å². The van der Waals surface area contributed by atoms with E-state index in [2.05, 4.69) is 34.2 Å². The maximum absolute atomic E-state index is 11.0. The standard InChI is InChI=1S/C16H24INO4/c1-13(2)12-15(20)9-6-4-3-5-8-14(19)10-7-11-16(21)22-18-17/h3-4,6,9,13-15,18-20H,7,10-12H2,1-2H3/b4-3+,9-6+/t14-,15+/m1/s1. The molecule has 0 unspecified atom stereocenters. The van der Waals surface area contributed by atoms with Crippen molar-refractivity contribution < 1.29 is 19.8 Å². The van der Waals surface area contributed by atoms with E-state index in [0.717, 1.165) is 6.42 Å². The molecule has 22 heavy (non-hydrogen) atoms. The van der Waals surface area contributed by atoms with Gasteiger partial charge in [-0.1, -0.05) is 47.6 Å². The highest BCUT2D eigenvalue weighted by molar-refractivity contribution is 14.1. The Morgan fingerprint density at radius 3 is 2.73 bits per heavy atom. The van der Waals surface area contributed by atoms with Crippen LogP contribution in [0.15, 0.2) is 24.3 Å². The molecule has 0 fully saturated rings. The van der Waals surface area contributed by atoms with E-state index in [1.54, 1.807) is 47.2 Å². The van der Waals surface area contributed by atoms with Crippen molar-refractivity contribution in [3.63, 3.8) is 0 Å². The zero-order valence-corrected chi connectivity index (χ0v) is 15.1. The summed E-state index contributed by atoms with van der Waals surface area (Å²) in [5, 5.41) is 19.2. The van der Waals surface area contributed by atoms with E-state index in [1.807, 2.05) is 0 Å². The van der Waals surface area contributed by atoms with Crippen LogP contribution in [0.3, 0.4) is 0 Å². The maximum atomic E-state index is 11.0. The van der Waals surface area contributed by atoms with Crippen molar-refractivity contribution >= 4 is 28.8 Å². The first kappa shape index (κ1) is 21.1. The Bertz CT molecular complexity index is 424. The van der Waals surface area contributed by atoms with E-state index in [4.69, 9.17) is 0 Å². The highest BCUT2D eigenvalue weighted by Gasteiger charge is 2.04. The summed E-state index contributed by atoms with van der Waals surface area (Å²) in [6.45, 7) is 4.11. The minimum absolute atomic E-state index is 0.237. The third-order valence-corrected chi connectivity index (χ3v) is 2.82. The van der Waals surface area contributed by atoms with Crippen LogP contribution in [-0.2, 0) is 9.63 Å². The lowest BCUT2D eigenvalue weighted by atomic mass is 10.1. The summed E-state index contributed by atoms with van der Waals surface area (Å²) in [6, 6.07) is 0. The number of carbonyl (C=O) groups is 1. The zero-order chi connectivity index (χ0) is 16.8. The molecular weight excluding hydrogens is 397 g/mol. The smallest absolute Gasteiger partial charge is 0.325 e. The van der Waals surface area contributed by atoms with E-state index in [9.17, 15) is 15.0 Å². The first-order valence-corrected chi connectivity index (χ1v) is 8.29. The molecule has 124 valence electrons. The quantitative estimate of drug-likeness (QED) is 0.175. The van der Waals surface area contributed by atoms with Crippen molar-refractivity contribution in [3.8, 4) is 11.8 Å². The molecule has 0 aromatic rings. The number of nitrogens with one attached hydrogen (secondary N) is 1. The van der Waals surface area contributed by atoms with Gasteiger partial charge in [-0.25, -0.2) is 0 Å². The van der Waals surface area contributed by atoms with E-state index in [-0.39, 0.29) is 12.4 Å². The maximum Gasteiger partial charge on any atom is 0.325 e. The van der Waals surface area contributed by atoms with Crippen molar-refractivity contribution in [2.24, 2.45) is 5.92 Å². The number of aliphatic hydroxyl groups excluding tert-OH is 2. The van der Waals surface area contributed by atoms with Crippen LogP contribution in [0.1, 0.15) is 39.5 Å². The van der Waals surface area contributed by atoms with E-state index >= 15 is 0 Å². The van der Waals surface area contributed by atoms with Crippen LogP contribution < -0.4 is 3.69 Å². The molecule has 0 aromatic carbocycles. The first-order chi connectivity index (χ1) is 10.5. The van der Waals surface area contributed by atoms with Crippen molar-refractivity contribution in [1.29, 1.82) is 0 Å². The summed E-state index contributed by atoms with van der Waals surface area (Å²) in [5.74, 6) is 5.47.